The second-order valence-electron chi connectivity index (χ2n) is 4.69. The van der Waals surface area contributed by atoms with E-state index in [2.05, 4.69) is 5.32 Å². The molecule has 1 aromatic carbocycles. The third-order valence-electron chi connectivity index (χ3n) is 3.29. The zero-order valence-electron chi connectivity index (χ0n) is 13.4. The molecule has 1 amide bonds. The van der Waals surface area contributed by atoms with Crippen LogP contribution in [0.25, 0.3) is 0 Å². The lowest BCUT2D eigenvalue weighted by Gasteiger charge is -2.21. The lowest BCUT2D eigenvalue weighted by atomic mass is 10.1. The second-order valence-corrected chi connectivity index (χ2v) is 4.69. The molecule has 0 radical (unpaired) electrons. The number of hydrogen-bond acceptors (Lipinski definition) is 4. The van der Waals surface area contributed by atoms with Crippen molar-refractivity contribution in [2.24, 2.45) is 0 Å². The van der Waals surface area contributed by atoms with Crippen LogP contribution in [-0.2, 0) is 9.53 Å². The third-order valence-corrected chi connectivity index (χ3v) is 3.29. The van der Waals surface area contributed by atoms with Crippen molar-refractivity contribution >= 4 is 5.91 Å². The number of methoxy groups -OCH3 is 2. The Kier molecular flexibility index (Phi) is 7.02. The minimum atomic E-state index is -0.422. The number of benzene rings is 1. The fourth-order valence-corrected chi connectivity index (χ4v) is 2.14. The summed E-state index contributed by atoms with van der Waals surface area (Å²) in [5.74, 6) is 1.33. The molecule has 0 aliphatic heterocycles. The standard InChI is InChI=1S/C16H25NO4/c1-6-14(21-7-2)16(18)17-11(3)13-10-12(19-4)8-9-15(13)20-5/h8-11,14H,6-7H2,1-5H3,(H,17,18)/t11-,14-/m0/s1. The van der Waals surface area contributed by atoms with E-state index in [1.54, 1.807) is 14.2 Å². The van der Waals surface area contributed by atoms with Gasteiger partial charge in [0.25, 0.3) is 0 Å². The topological polar surface area (TPSA) is 56.8 Å². The van der Waals surface area contributed by atoms with Gasteiger partial charge in [-0.05, 0) is 38.5 Å². The SMILES string of the molecule is CCO[C@@H](CC)C(=O)N[C@@H](C)c1cc(OC)ccc1OC. The van der Waals surface area contributed by atoms with Crippen molar-refractivity contribution < 1.29 is 19.0 Å². The van der Waals surface area contributed by atoms with Gasteiger partial charge in [0.2, 0.25) is 5.91 Å². The maximum Gasteiger partial charge on any atom is 0.249 e. The average molecular weight is 295 g/mol. The van der Waals surface area contributed by atoms with Gasteiger partial charge in [-0.2, -0.15) is 0 Å². The quantitative estimate of drug-likeness (QED) is 0.801. The Bertz CT molecular complexity index is 462. The van der Waals surface area contributed by atoms with Crippen LogP contribution < -0.4 is 14.8 Å². The molecular weight excluding hydrogens is 270 g/mol. The summed E-state index contributed by atoms with van der Waals surface area (Å²) in [5, 5.41) is 2.96. The van der Waals surface area contributed by atoms with Gasteiger partial charge in [-0.1, -0.05) is 6.92 Å². The number of rotatable bonds is 8. The summed E-state index contributed by atoms with van der Waals surface area (Å²) in [7, 11) is 3.21. The Balaban J connectivity index is 2.87. The highest BCUT2D eigenvalue weighted by molar-refractivity contribution is 5.81. The molecule has 0 unspecified atom stereocenters. The molecule has 0 aliphatic carbocycles. The Morgan fingerprint density at radius 3 is 2.48 bits per heavy atom. The number of carbonyl (C=O) groups excluding carboxylic acids is 1. The van der Waals surface area contributed by atoms with Crippen LogP contribution in [0.5, 0.6) is 11.5 Å². The number of carbonyl (C=O) groups is 1. The van der Waals surface area contributed by atoms with Crippen molar-refractivity contribution in [3.8, 4) is 11.5 Å². The number of amides is 1. The molecule has 0 saturated heterocycles. The largest absolute Gasteiger partial charge is 0.497 e. The fraction of sp³-hybridized carbons (Fsp3) is 0.562. The van der Waals surface area contributed by atoms with E-state index in [1.165, 1.54) is 0 Å². The summed E-state index contributed by atoms with van der Waals surface area (Å²) in [6.45, 7) is 6.23. The molecule has 118 valence electrons. The van der Waals surface area contributed by atoms with E-state index in [0.29, 0.717) is 18.8 Å². The highest BCUT2D eigenvalue weighted by atomic mass is 16.5. The van der Waals surface area contributed by atoms with Crippen LogP contribution >= 0.6 is 0 Å². The zero-order chi connectivity index (χ0) is 15.8. The van der Waals surface area contributed by atoms with Crippen molar-refractivity contribution in [3.63, 3.8) is 0 Å². The minimum Gasteiger partial charge on any atom is -0.497 e. The molecular formula is C16H25NO4. The molecule has 0 spiro atoms. The summed E-state index contributed by atoms with van der Waals surface area (Å²) in [5.41, 5.74) is 0.872. The maximum atomic E-state index is 12.2. The first-order valence-corrected chi connectivity index (χ1v) is 7.21. The van der Waals surface area contributed by atoms with Gasteiger partial charge in [0.15, 0.2) is 0 Å². The van der Waals surface area contributed by atoms with E-state index in [0.717, 1.165) is 11.3 Å². The molecule has 0 aliphatic rings. The predicted molar refractivity (Wildman–Crippen MR) is 81.8 cm³/mol. The smallest absolute Gasteiger partial charge is 0.249 e. The van der Waals surface area contributed by atoms with E-state index >= 15 is 0 Å². The van der Waals surface area contributed by atoms with Crippen molar-refractivity contribution in [1.82, 2.24) is 5.32 Å². The van der Waals surface area contributed by atoms with Crippen LogP contribution in [0.1, 0.15) is 38.8 Å². The molecule has 0 saturated carbocycles. The molecule has 1 aromatic rings. The van der Waals surface area contributed by atoms with Gasteiger partial charge in [-0.3, -0.25) is 4.79 Å². The van der Waals surface area contributed by atoms with E-state index in [4.69, 9.17) is 14.2 Å². The van der Waals surface area contributed by atoms with Crippen LogP contribution in [-0.4, -0.2) is 32.8 Å². The molecule has 5 nitrogen and oxygen atoms in total. The van der Waals surface area contributed by atoms with Gasteiger partial charge in [0.1, 0.15) is 17.6 Å². The Labute approximate surface area is 126 Å². The van der Waals surface area contributed by atoms with Crippen LogP contribution in [0.15, 0.2) is 18.2 Å². The lowest BCUT2D eigenvalue weighted by molar-refractivity contribution is -0.133. The summed E-state index contributed by atoms with van der Waals surface area (Å²) >= 11 is 0. The normalized spacial score (nSPS) is 13.4. The van der Waals surface area contributed by atoms with Gasteiger partial charge >= 0.3 is 0 Å². The van der Waals surface area contributed by atoms with Gasteiger partial charge < -0.3 is 19.5 Å². The van der Waals surface area contributed by atoms with E-state index in [-0.39, 0.29) is 11.9 Å². The average Bonchev–Trinajstić information content (AvgIpc) is 2.51. The second kappa shape index (κ2) is 8.52. The van der Waals surface area contributed by atoms with E-state index < -0.39 is 6.10 Å². The minimum absolute atomic E-state index is 0.114. The first-order chi connectivity index (χ1) is 10.1. The maximum absolute atomic E-state index is 12.2. The molecule has 5 heteroatoms. The monoisotopic (exact) mass is 295 g/mol. The summed E-state index contributed by atoms with van der Waals surface area (Å²) in [6.07, 6.45) is 0.218. The van der Waals surface area contributed by atoms with Gasteiger partial charge in [-0.25, -0.2) is 0 Å². The summed E-state index contributed by atoms with van der Waals surface area (Å²) < 4.78 is 16.0. The van der Waals surface area contributed by atoms with Crippen molar-refractivity contribution in [3.05, 3.63) is 23.8 Å². The van der Waals surface area contributed by atoms with Crippen molar-refractivity contribution in [1.29, 1.82) is 0 Å². The van der Waals surface area contributed by atoms with E-state index in [1.807, 2.05) is 39.0 Å². The highest BCUT2D eigenvalue weighted by Gasteiger charge is 2.21. The molecule has 0 fully saturated rings. The molecule has 0 bridgehead atoms. The lowest BCUT2D eigenvalue weighted by Crippen LogP contribution is -2.37. The molecule has 0 aromatic heterocycles. The highest BCUT2D eigenvalue weighted by Crippen LogP contribution is 2.29. The molecule has 1 rings (SSSR count). The number of nitrogens with one attached hydrogen (secondary N) is 1. The molecule has 1 N–H and O–H groups in total. The van der Waals surface area contributed by atoms with Crippen LogP contribution in [0.3, 0.4) is 0 Å². The Morgan fingerprint density at radius 2 is 1.95 bits per heavy atom. The molecule has 2 atom stereocenters. The molecule has 0 heterocycles. The van der Waals surface area contributed by atoms with E-state index in [9.17, 15) is 4.79 Å². The van der Waals surface area contributed by atoms with Gasteiger partial charge in [0, 0.05) is 12.2 Å². The summed E-state index contributed by atoms with van der Waals surface area (Å²) in [6, 6.07) is 5.32. The van der Waals surface area contributed by atoms with Crippen LogP contribution in [0, 0.1) is 0 Å². The summed E-state index contributed by atoms with van der Waals surface area (Å²) in [4.78, 5) is 12.2. The first-order valence-electron chi connectivity index (χ1n) is 7.21. The number of ether oxygens (including phenoxy) is 3. The van der Waals surface area contributed by atoms with Crippen molar-refractivity contribution in [2.45, 2.75) is 39.3 Å². The zero-order valence-corrected chi connectivity index (χ0v) is 13.4. The van der Waals surface area contributed by atoms with Crippen LogP contribution in [0.2, 0.25) is 0 Å². The Hall–Kier alpha value is -1.75. The Morgan fingerprint density at radius 1 is 1.24 bits per heavy atom. The first kappa shape index (κ1) is 17.3. The molecule has 21 heavy (non-hydrogen) atoms. The predicted octanol–water partition coefficient (Wildman–Crippen LogP) is 2.70. The van der Waals surface area contributed by atoms with Crippen LogP contribution in [0.4, 0.5) is 0 Å². The fourth-order valence-electron chi connectivity index (χ4n) is 2.14. The van der Waals surface area contributed by atoms with Gasteiger partial charge in [-0.15, -0.1) is 0 Å². The number of hydrogen-bond donors (Lipinski definition) is 1. The van der Waals surface area contributed by atoms with Crippen molar-refractivity contribution in [2.75, 3.05) is 20.8 Å². The van der Waals surface area contributed by atoms with Gasteiger partial charge in [0.05, 0.1) is 20.3 Å². The third kappa shape index (κ3) is 4.63.